The first-order valence-electron chi connectivity index (χ1n) is 8.87. The third-order valence-corrected chi connectivity index (χ3v) is 6.29. The van der Waals surface area contributed by atoms with E-state index in [1.54, 1.807) is 17.5 Å². The Bertz CT molecular complexity index is 915. The van der Waals surface area contributed by atoms with E-state index >= 15 is 0 Å². The highest BCUT2D eigenvalue weighted by Gasteiger charge is 2.40. The maximum atomic E-state index is 10.2. The number of thiophene rings is 1. The Kier molecular flexibility index (Phi) is 5.07. The summed E-state index contributed by atoms with van der Waals surface area (Å²) in [4.78, 5) is 9.57. The third kappa shape index (κ3) is 3.54. The van der Waals surface area contributed by atoms with Crippen molar-refractivity contribution in [1.82, 2.24) is 15.3 Å². The van der Waals surface area contributed by atoms with Crippen LogP contribution in [0.25, 0.3) is 20.5 Å². The summed E-state index contributed by atoms with van der Waals surface area (Å²) in [5.74, 6) is -0.132. The molecule has 0 bridgehead atoms. The smallest absolute Gasteiger partial charge is 0.220 e. The normalized spacial score (nSPS) is 25.3. The van der Waals surface area contributed by atoms with E-state index in [1.807, 2.05) is 12.1 Å². The highest BCUT2D eigenvalue weighted by molar-refractivity contribution is 7.22. The summed E-state index contributed by atoms with van der Waals surface area (Å²) >= 11 is 1.66. The molecule has 0 unspecified atom stereocenters. The van der Waals surface area contributed by atoms with Crippen LogP contribution in [-0.2, 0) is 6.54 Å². The minimum atomic E-state index is -0.926. The number of fused-ring (bicyclic) bond motifs is 1. The van der Waals surface area contributed by atoms with Crippen molar-refractivity contribution in [3.05, 3.63) is 42.2 Å². The Labute approximate surface area is 160 Å². The SMILES string of the molecule is Nc1ncc(-c2cc3ccccc3s2)c(CN[C@@H]2C[C@H](CO)[C@@H](O)[C@H]2O)n1. The molecule has 1 aromatic carbocycles. The first-order valence-corrected chi connectivity index (χ1v) is 9.69. The largest absolute Gasteiger partial charge is 0.396 e. The molecule has 27 heavy (non-hydrogen) atoms. The number of nitrogens with two attached hydrogens (primary N) is 1. The highest BCUT2D eigenvalue weighted by atomic mass is 32.1. The molecular weight excluding hydrogens is 364 g/mol. The summed E-state index contributed by atoms with van der Waals surface area (Å²) in [6.07, 6.45) is 0.372. The zero-order chi connectivity index (χ0) is 19.0. The molecule has 0 aliphatic heterocycles. The van der Waals surface area contributed by atoms with Gasteiger partial charge in [0.05, 0.1) is 17.9 Å². The van der Waals surface area contributed by atoms with Crippen LogP contribution in [0.5, 0.6) is 0 Å². The fourth-order valence-electron chi connectivity index (χ4n) is 3.62. The lowest BCUT2D eigenvalue weighted by molar-refractivity contribution is -0.000360. The topological polar surface area (TPSA) is 125 Å². The van der Waals surface area contributed by atoms with Crippen LogP contribution >= 0.6 is 11.3 Å². The molecular formula is C19H22N4O3S. The number of aromatic nitrogens is 2. The molecule has 2 aromatic heterocycles. The Morgan fingerprint density at radius 2 is 2.04 bits per heavy atom. The van der Waals surface area contributed by atoms with Gasteiger partial charge in [0, 0.05) is 46.4 Å². The quantitative estimate of drug-likeness (QED) is 0.445. The van der Waals surface area contributed by atoms with Crippen LogP contribution in [0.3, 0.4) is 0 Å². The van der Waals surface area contributed by atoms with Gasteiger partial charge in [0.1, 0.15) is 0 Å². The summed E-state index contributed by atoms with van der Waals surface area (Å²) in [5, 5.41) is 33.9. The van der Waals surface area contributed by atoms with Gasteiger partial charge in [-0.2, -0.15) is 0 Å². The summed E-state index contributed by atoms with van der Waals surface area (Å²) in [7, 11) is 0. The van der Waals surface area contributed by atoms with Crippen LogP contribution in [-0.4, -0.2) is 50.1 Å². The highest BCUT2D eigenvalue weighted by Crippen LogP contribution is 2.35. The lowest BCUT2D eigenvalue weighted by Crippen LogP contribution is -2.40. The fourth-order valence-corrected chi connectivity index (χ4v) is 4.72. The van der Waals surface area contributed by atoms with E-state index in [0.29, 0.717) is 13.0 Å². The minimum absolute atomic E-state index is 0.149. The molecule has 7 nitrogen and oxygen atoms in total. The van der Waals surface area contributed by atoms with Gasteiger partial charge in [0.15, 0.2) is 0 Å². The fraction of sp³-hybridized carbons (Fsp3) is 0.368. The van der Waals surface area contributed by atoms with Gasteiger partial charge in [-0.05, 0) is 23.9 Å². The second-order valence-electron chi connectivity index (χ2n) is 6.88. The number of anilines is 1. The molecule has 1 saturated carbocycles. The lowest BCUT2D eigenvalue weighted by atomic mass is 10.1. The summed E-state index contributed by atoms with van der Waals surface area (Å²) < 4.78 is 1.18. The predicted octanol–water partition coefficient (Wildman–Crippen LogP) is 1.13. The van der Waals surface area contributed by atoms with Crippen LogP contribution in [0.1, 0.15) is 12.1 Å². The first-order chi connectivity index (χ1) is 13.1. The Morgan fingerprint density at radius 1 is 1.22 bits per heavy atom. The Morgan fingerprint density at radius 3 is 2.78 bits per heavy atom. The molecule has 2 heterocycles. The van der Waals surface area contributed by atoms with E-state index in [4.69, 9.17) is 5.73 Å². The van der Waals surface area contributed by atoms with Gasteiger partial charge in [-0.15, -0.1) is 11.3 Å². The number of nitrogen functional groups attached to an aromatic ring is 1. The van der Waals surface area contributed by atoms with Gasteiger partial charge in [-0.25, -0.2) is 9.97 Å². The third-order valence-electron chi connectivity index (χ3n) is 5.15. The molecule has 0 saturated heterocycles. The molecule has 4 atom stereocenters. The molecule has 1 aliphatic carbocycles. The van der Waals surface area contributed by atoms with Crippen molar-refractivity contribution in [3.8, 4) is 10.4 Å². The zero-order valence-electron chi connectivity index (χ0n) is 14.6. The van der Waals surface area contributed by atoms with Gasteiger partial charge in [0.2, 0.25) is 5.95 Å². The van der Waals surface area contributed by atoms with Crippen LogP contribution in [0.15, 0.2) is 36.5 Å². The maximum Gasteiger partial charge on any atom is 0.220 e. The number of nitrogens with zero attached hydrogens (tertiary/aromatic N) is 2. The van der Waals surface area contributed by atoms with E-state index in [1.165, 1.54) is 4.70 Å². The van der Waals surface area contributed by atoms with Crippen LogP contribution in [0.2, 0.25) is 0 Å². The monoisotopic (exact) mass is 386 g/mol. The maximum absolute atomic E-state index is 10.2. The van der Waals surface area contributed by atoms with Gasteiger partial charge in [0.25, 0.3) is 0 Å². The molecule has 8 heteroatoms. The van der Waals surface area contributed by atoms with Crippen LogP contribution in [0.4, 0.5) is 5.95 Å². The van der Waals surface area contributed by atoms with E-state index in [-0.39, 0.29) is 24.5 Å². The number of aliphatic hydroxyl groups excluding tert-OH is 3. The van der Waals surface area contributed by atoms with Crippen molar-refractivity contribution in [2.45, 2.75) is 31.2 Å². The number of benzene rings is 1. The minimum Gasteiger partial charge on any atom is -0.396 e. The lowest BCUT2D eigenvalue weighted by Gasteiger charge is -2.18. The van der Waals surface area contributed by atoms with Gasteiger partial charge in [-0.3, -0.25) is 0 Å². The Balaban J connectivity index is 1.59. The van der Waals surface area contributed by atoms with Crippen molar-refractivity contribution < 1.29 is 15.3 Å². The van der Waals surface area contributed by atoms with Crippen molar-refractivity contribution in [2.75, 3.05) is 12.3 Å². The summed E-state index contributed by atoms with van der Waals surface area (Å²) in [6, 6.07) is 9.94. The number of hydrogen-bond acceptors (Lipinski definition) is 8. The molecule has 6 N–H and O–H groups in total. The standard InChI is InChI=1S/C19H22N4O3S/c20-19-22-7-12(16-6-10-3-1-2-4-15(10)27-16)14(23-19)8-21-13-5-11(9-24)17(25)18(13)26/h1-4,6-7,11,13,17-18,21,24-26H,5,8-9H2,(H2,20,22,23)/t11-,13-,17-,18+/m1/s1. The van der Waals surface area contributed by atoms with E-state index in [0.717, 1.165) is 21.5 Å². The molecule has 4 rings (SSSR count). The zero-order valence-corrected chi connectivity index (χ0v) is 15.4. The van der Waals surface area contributed by atoms with Crippen molar-refractivity contribution in [2.24, 2.45) is 5.92 Å². The average Bonchev–Trinajstić information content (AvgIpc) is 3.22. The molecule has 1 fully saturated rings. The number of rotatable bonds is 5. The van der Waals surface area contributed by atoms with Gasteiger partial charge in [-0.1, -0.05) is 18.2 Å². The Hall–Kier alpha value is -2.10. The van der Waals surface area contributed by atoms with E-state index < -0.39 is 12.2 Å². The van der Waals surface area contributed by atoms with Crippen LogP contribution in [0, 0.1) is 5.92 Å². The predicted molar refractivity (Wildman–Crippen MR) is 105 cm³/mol. The summed E-state index contributed by atoms with van der Waals surface area (Å²) in [6.45, 7) is 0.229. The van der Waals surface area contributed by atoms with Gasteiger partial charge < -0.3 is 26.4 Å². The average molecular weight is 386 g/mol. The number of nitrogens with one attached hydrogen (secondary N) is 1. The molecule has 1 aliphatic rings. The van der Waals surface area contributed by atoms with Crippen molar-refractivity contribution in [1.29, 1.82) is 0 Å². The van der Waals surface area contributed by atoms with Crippen molar-refractivity contribution >= 4 is 27.4 Å². The van der Waals surface area contributed by atoms with Crippen molar-refractivity contribution in [3.63, 3.8) is 0 Å². The molecule has 0 spiro atoms. The number of hydrogen-bond donors (Lipinski definition) is 5. The summed E-state index contributed by atoms with van der Waals surface area (Å²) in [5.41, 5.74) is 7.42. The van der Waals surface area contributed by atoms with Gasteiger partial charge >= 0.3 is 0 Å². The van der Waals surface area contributed by atoms with E-state index in [9.17, 15) is 15.3 Å². The second kappa shape index (κ2) is 7.49. The molecule has 0 radical (unpaired) electrons. The molecule has 3 aromatic rings. The molecule has 0 amide bonds. The second-order valence-corrected chi connectivity index (χ2v) is 7.97. The molecule has 142 valence electrons. The first kappa shape index (κ1) is 18.3. The van der Waals surface area contributed by atoms with E-state index in [2.05, 4.69) is 33.5 Å². The number of aliphatic hydroxyl groups is 3. The van der Waals surface area contributed by atoms with Crippen LogP contribution < -0.4 is 11.1 Å².